The van der Waals surface area contributed by atoms with E-state index in [1.54, 1.807) is 0 Å². The Hall–Kier alpha value is -0.610. The second-order valence-electron chi connectivity index (χ2n) is 5.91. The third-order valence-corrected chi connectivity index (χ3v) is 3.89. The van der Waals surface area contributed by atoms with Crippen molar-refractivity contribution in [2.45, 2.75) is 38.9 Å². The highest BCUT2D eigenvalue weighted by molar-refractivity contribution is 6.30. The summed E-state index contributed by atoms with van der Waals surface area (Å²) in [5.74, 6) is 0. The molecule has 0 aliphatic carbocycles. The number of benzene rings is 1. The zero-order valence-electron chi connectivity index (χ0n) is 13.1. The molecule has 0 aromatic heterocycles. The van der Waals surface area contributed by atoms with Crippen molar-refractivity contribution >= 4 is 11.6 Å². The van der Waals surface area contributed by atoms with E-state index in [4.69, 9.17) is 21.1 Å². The molecule has 0 N–H and O–H groups in total. The molecule has 0 saturated carbocycles. The molecule has 1 saturated heterocycles. The molecule has 1 aromatic rings. The monoisotopic (exact) mass is 311 g/mol. The van der Waals surface area contributed by atoms with Gasteiger partial charge in [-0.3, -0.25) is 0 Å². The van der Waals surface area contributed by atoms with Gasteiger partial charge in [-0.1, -0.05) is 23.7 Å². The van der Waals surface area contributed by atoms with Gasteiger partial charge in [0.15, 0.2) is 0 Å². The Morgan fingerprint density at radius 1 is 1.43 bits per heavy atom. The number of rotatable bonds is 6. The summed E-state index contributed by atoms with van der Waals surface area (Å²) in [4.78, 5) is 2.47. The smallest absolute Gasteiger partial charge is 0.0935 e. The fraction of sp³-hybridized carbons (Fsp3) is 0.647. The van der Waals surface area contributed by atoms with Crippen molar-refractivity contribution in [1.29, 1.82) is 0 Å². The Kier molecular flexibility index (Phi) is 6.97. The summed E-state index contributed by atoms with van der Waals surface area (Å²) in [7, 11) is 0. The standard InChI is InChI=1S/C17H26ClNO2/c1-14(2)21-13-17-12-19(8-4-10-20-17)9-7-15-5-3-6-16(18)11-15/h3,5-6,11,14,17H,4,7-10,12-13H2,1-2H3. The van der Waals surface area contributed by atoms with Crippen molar-refractivity contribution in [3.05, 3.63) is 34.9 Å². The number of nitrogens with zero attached hydrogens (tertiary/aromatic N) is 1. The van der Waals surface area contributed by atoms with E-state index in [1.165, 1.54) is 5.56 Å². The van der Waals surface area contributed by atoms with Crippen molar-refractivity contribution in [3.8, 4) is 0 Å². The van der Waals surface area contributed by atoms with Gasteiger partial charge in [0.2, 0.25) is 0 Å². The van der Waals surface area contributed by atoms with E-state index in [0.29, 0.717) is 6.61 Å². The normalized spacial score (nSPS) is 20.7. The van der Waals surface area contributed by atoms with Crippen LogP contribution in [0.4, 0.5) is 0 Å². The van der Waals surface area contributed by atoms with Gasteiger partial charge >= 0.3 is 0 Å². The van der Waals surface area contributed by atoms with Crippen molar-refractivity contribution in [2.75, 3.05) is 32.8 Å². The fourth-order valence-corrected chi connectivity index (χ4v) is 2.77. The number of hydrogen-bond donors (Lipinski definition) is 0. The predicted molar refractivity (Wildman–Crippen MR) is 87.0 cm³/mol. The highest BCUT2D eigenvalue weighted by atomic mass is 35.5. The molecule has 1 heterocycles. The van der Waals surface area contributed by atoms with Crippen LogP contribution >= 0.6 is 11.6 Å². The number of hydrogen-bond acceptors (Lipinski definition) is 3. The molecule has 2 rings (SSSR count). The molecular formula is C17H26ClNO2. The number of ether oxygens (including phenoxy) is 2. The molecule has 1 atom stereocenters. The Morgan fingerprint density at radius 2 is 2.29 bits per heavy atom. The van der Waals surface area contributed by atoms with Crippen LogP contribution in [0.3, 0.4) is 0 Å². The minimum Gasteiger partial charge on any atom is -0.376 e. The maximum absolute atomic E-state index is 6.04. The summed E-state index contributed by atoms with van der Waals surface area (Å²) in [5.41, 5.74) is 1.29. The van der Waals surface area contributed by atoms with Gasteiger partial charge < -0.3 is 14.4 Å². The van der Waals surface area contributed by atoms with E-state index in [-0.39, 0.29) is 12.2 Å². The first-order chi connectivity index (χ1) is 10.1. The zero-order chi connectivity index (χ0) is 15.1. The van der Waals surface area contributed by atoms with E-state index in [9.17, 15) is 0 Å². The highest BCUT2D eigenvalue weighted by Gasteiger charge is 2.19. The molecule has 1 fully saturated rings. The first-order valence-corrected chi connectivity index (χ1v) is 8.21. The van der Waals surface area contributed by atoms with Crippen LogP contribution in [0, 0.1) is 0 Å². The molecule has 0 spiro atoms. The first kappa shape index (κ1) is 16.8. The van der Waals surface area contributed by atoms with Crippen LogP contribution < -0.4 is 0 Å². The van der Waals surface area contributed by atoms with Crippen LogP contribution in [-0.2, 0) is 15.9 Å². The fourth-order valence-electron chi connectivity index (χ4n) is 2.55. The van der Waals surface area contributed by atoms with Gasteiger partial charge in [0, 0.05) is 31.3 Å². The van der Waals surface area contributed by atoms with E-state index < -0.39 is 0 Å². The van der Waals surface area contributed by atoms with E-state index in [1.807, 2.05) is 12.1 Å². The topological polar surface area (TPSA) is 21.7 Å². The second-order valence-corrected chi connectivity index (χ2v) is 6.35. The van der Waals surface area contributed by atoms with Gasteiger partial charge in [-0.05, 0) is 44.4 Å². The number of halogens is 1. The van der Waals surface area contributed by atoms with Crippen LogP contribution in [0.5, 0.6) is 0 Å². The van der Waals surface area contributed by atoms with Crippen LogP contribution in [0.25, 0.3) is 0 Å². The zero-order valence-corrected chi connectivity index (χ0v) is 13.8. The minimum absolute atomic E-state index is 0.189. The van der Waals surface area contributed by atoms with Crippen LogP contribution in [-0.4, -0.2) is 50.0 Å². The maximum Gasteiger partial charge on any atom is 0.0935 e. The summed E-state index contributed by atoms with van der Waals surface area (Å²) >= 11 is 6.04. The molecule has 118 valence electrons. The van der Waals surface area contributed by atoms with Gasteiger partial charge in [-0.2, -0.15) is 0 Å². The quantitative estimate of drug-likeness (QED) is 0.804. The molecule has 3 nitrogen and oxygen atoms in total. The van der Waals surface area contributed by atoms with E-state index >= 15 is 0 Å². The van der Waals surface area contributed by atoms with Gasteiger partial charge in [0.05, 0.1) is 18.8 Å². The Balaban J connectivity index is 1.81. The van der Waals surface area contributed by atoms with Crippen molar-refractivity contribution in [2.24, 2.45) is 0 Å². The Morgan fingerprint density at radius 3 is 3.05 bits per heavy atom. The largest absolute Gasteiger partial charge is 0.376 e. The SMILES string of the molecule is CC(C)OCC1CN(CCc2cccc(Cl)c2)CCCO1. The second kappa shape index (κ2) is 8.74. The molecule has 1 unspecified atom stereocenters. The van der Waals surface area contributed by atoms with Crippen molar-refractivity contribution in [1.82, 2.24) is 4.90 Å². The highest BCUT2D eigenvalue weighted by Crippen LogP contribution is 2.13. The molecule has 0 radical (unpaired) electrons. The lowest BCUT2D eigenvalue weighted by atomic mass is 10.1. The molecule has 21 heavy (non-hydrogen) atoms. The Bertz CT molecular complexity index is 425. The third-order valence-electron chi connectivity index (χ3n) is 3.66. The third kappa shape index (κ3) is 6.35. The maximum atomic E-state index is 6.04. The lowest BCUT2D eigenvalue weighted by Crippen LogP contribution is -2.36. The van der Waals surface area contributed by atoms with E-state index in [0.717, 1.165) is 44.1 Å². The Labute approximate surface area is 133 Å². The average Bonchev–Trinajstić information content (AvgIpc) is 2.68. The lowest BCUT2D eigenvalue weighted by Gasteiger charge is -2.24. The summed E-state index contributed by atoms with van der Waals surface area (Å²) in [5, 5.41) is 0.815. The van der Waals surface area contributed by atoms with Gasteiger partial charge in [0.1, 0.15) is 0 Å². The predicted octanol–water partition coefficient (Wildman–Crippen LogP) is 3.40. The summed E-state index contributed by atoms with van der Waals surface area (Å²) < 4.78 is 11.6. The summed E-state index contributed by atoms with van der Waals surface area (Å²) in [6.07, 6.45) is 2.57. The van der Waals surface area contributed by atoms with Crippen LogP contribution in [0.1, 0.15) is 25.8 Å². The molecule has 1 aliphatic heterocycles. The van der Waals surface area contributed by atoms with Crippen LogP contribution in [0.15, 0.2) is 24.3 Å². The first-order valence-electron chi connectivity index (χ1n) is 7.83. The molecule has 0 bridgehead atoms. The molecule has 1 aliphatic rings. The van der Waals surface area contributed by atoms with Gasteiger partial charge in [-0.25, -0.2) is 0 Å². The minimum atomic E-state index is 0.189. The molecule has 0 amide bonds. The van der Waals surface area contributed by atoms with E-state index in [2.05, 4.69) is 30.9 Å². The summed E-state index contributed by atoms with van der Waals surface area (Å²) in [6, 6.07) is 8.13. The lowest BCUT2D eigenvalue weighted by molar-refractivity contribution is -0.0346. The molecule has 4 heteroatoms. The van der Waals surface area contributed by atoms with Gasteiger partial charge in [-0.15, -0.1) is 0 Å². The van der Waals surface area contributed by atoms with Gasteiger partial charge in [0.25, 0.3) is 0 Å². The molecule has 1 aromatic carbocycles. The summed E-state index contributed by atoms with van der Waals surface area (Å²) in [6.45, 7) is 8.74. The van der Waals surface area contributed by atoms with Crippen LogP contribution in [0.2, 0.25) is 5.02 Å². The van der Waals surface area contributed by atoms with Crippen molar-refractivity contribution < 1.29 is 9.47 Å². The average molecular weight is 312 g/mol. The molecular weight excluding hydrogens is 286 g/mol. The van der Waals surface area contributed by atoms with Crippen molar-refractivity contribution in [3.63, 3.8) is 0 Å².